The molecule has 0 aliphatic heterocycles. The highest BCUT2D eigenvalue weighted by Crippen LogP contribution is 2.07. The molecule has 1 atom stereocenters. The number of carboxylic acid groups (broad SMARTS) is 1. The van der Waals surface area contributed by atoms with E-state index >= 15 is 0 Å². The summed E-state index contributed by atoms with van der Waals surface area (Å²) < 4.78 is 0. The van der Waals surface area contributed by atoms with Gasteiger partial charge in [0.15, 0.2) is 0 Å². The Kier molecular flexibility index (Phi) is 6.72. The summed E-state index contributed by atoms with van der Waals surface area (Å²) >= 11 is 1.31. The molecule has 0 spiro atoms. The van der Waals surface area contributed by atoms with Crippen LogP contribution in [-0.4, -0.2) is 36.0 Å². The molecule has 6 nitrogen and oxygen atoms in total. The highest BCUT2D eigenvalue weighted by Gasteiger charge is 2.10. The van der Waals surface area contributed by atoms with E-state index in [1.807, 2.05) is 6.92 Å². The summed E-state index contributed by atoms with van der Waals surface area (Å²) in [6.07, 6.45) is 0.601. The minimum Gasteiger partial charge on any atom is -0.481 e. The van der Waals surface area contributed by atoms with E-state index in [2.05, 4.69) is 10.6 Å². The monoisotopic (exact) mass is 298 g/mol. The maximum Gasteiger partial charge on any atom is 0.303 e. The van der Waals surface area contributed by atoms with Crippen molar-refractivity contribution in [3.63, 3.8) is 0 Å². The van der Waals surface area contributed by atoms with Gasteiger partial charge < -0.3 is 15.7 Å². The second-order valence-corrected chi connectivity index (χ2v) is 5.45. The molecule has 0 radical (unpaired) electrons. The van der Waals surface area contributed by atoms with E-state index in [4.69, 9.17) is 5.11 Å². The largest absolute Gasteiger partial charge is 0.481 e. The van der Waals surface area contributed by atoms with Gasteiger partial charge in [0.25, 0.3) is 5.91 Å². The maximum absolute atomic E-state index is 11.6. The average molecular weight is 298 g/mol. The molecule has 7 heteroatoms. The molecule has 1 aromatic rings. The summed E-state index contributed by atoms with van der Waals surface area (Å²) in [4.78, 5) is 34.1. The first-order valence-electron chi connectivity index (χ1n) is 6.29. The fraction of sp³-hybridized carbons (Fsp3) is 0.462. The van der Waals surface area contributed by atoms with Gasteiger partial charge in [-0.15, -0.1) is 11.3 Å². The lowest BCUT2D eigenvalue weighted by molar-refractivity contribution is -0.137. The molecular weight excluding hydrogens is 280 g/mol. The number of carbonyl (C=O) groups excluding carboxylic acids is 2. The number of amides is 2. The molecule has 0 saturated heterocycles. The van der Waals surface area contributed by atoms with E-state index < -0.39 is 5.97 Å². The van der Waals surface area contributed by atoms with Gasteiger partial charge in [-0.2, -0.15) is 0 Å². The summed E-state index contributed by atoms with van der Waals surface area (Å²) in [6, 6.07) is 3.45. The van der Waals surface area contributed by atoms with Crippen LogP contribution in [0.4, 0.5) is 0 Å². The van der Waals surface area contributed by atoms with Crippen molar-refractivity contribution in [2.45, 2.75) is 19.8 Å². The first-order valence-corrected chi connectivity index (χ1v) is 7.17. The lowest BCUT2D eigenvalue weighted by atomic mass is 10.1. The summed E-state index contributed by atoms with van der Waals surface area (Å²) in [6.45, 7) is 2.19. The second kappa shape index (κ2) is 8.31. The Hall–Kier alpha value is -1.89. The molecule has 0 bridgehead atoms. The van der Waals surface area contributed by atoms with E-state index in [1.54, 1.807) is 17.5 Å². The minimum atomic E-state index is -0.841. The van der Waals surface area contributed by atoms with Crippen molar-refractivity contribution in [3.05, 3.63) is 22.4 Å². The van der Waals surface area contributed by atoms with Crippen LogP contribution < -0.4 is 10.6 Å². The molecular formula is C13H18N2O4S. The number of carbonyl (C=O) groups is 3. The van der Waals surface area contributed by atoms with Crippen molar-refractivity contribution >= 4 is 29.1 Å². The van der Waals surface area contributed by atoms with Gasteiger partial charge in [-0.05, 0) is 23.8 Å². The van der Waals surface area contributed by atoms with Crippen LogP contribution in [0.15, 0.2) is 17.5 Å². The number of hydrogen-bond acceptors (Lipinski definition) is 4. The zero-order valence-electron chi connectivity index (χ0n) is 11.2. The van der Waals surface area contributed by atoms with Crippen molar-refractivity contribution in [2.75, 3.05) is 13.1 Å². The Morgan fingerprint density at radius 2 is 2.10 bits per heavy atom. The highest BCUT2D eigenvalue weighted by atomic mass is 32.1. The zero-order chi connectivity index (χ0) is 15.0. The third kappa shape index (κ3) is 6.33. The van der Waals surface area contributed by atoms with Gasteiger partial charge in [0.1, 0.15) is 0 Å². The van der Waals surface area contributed by atoms with Gasteiger partial charge in [0, 0.05) is 13.0 Å². The molecule has 110 valence electrons. The van der Waals surface area contributed by atoms with Gasteiger partial charge in [0.05, 0.1) is 11.4 Å². The molecule has 0 fully saturated rings. The third-order valence-electron chi connectivity index (χ3n) is 2.65. The van der Waals surface area contributed by atoms with Crippen LogP contribution >= 0.6 is 11.3 Å². The summed E-state index contributed by atoms with van der Waals surface area (Å²) in [5.41, 5.74) is 0. The lowest BCUT2D eigenvalue weighted by Crippen LogP contribution is -2.38. The Bertz CT molecular complexity index is 459. The van der Waals surface area contributed by atoms with Gasteiger partial charge in [0.2, 0.25) is 5.91 Å². The average Bonchev–Trinajstić information content (AvgIpc) is 2.94. The molecule has 1 heterocycles. The van der Waals surface area contributed by atoms with Crippen LogP contribution in [0.2, 0.25) is 0 Å². The van der Waals surface area contributed by atoms with Gasteiger partial charge in [-0.3, -0.25) is 14.4 Å². The number of aliphatic carboxylic acids is 1. The highest BCUT2D eigenvalue weighted by molar-refractivity contribution is 7.12. The molecule has 0 aliphatic carbocycles. The maximum atomic E-state index is 11.6. The molecule has 1 unspecified atom stereocenters. The molecule has 0 aliphatic rings. The predicted octanol–water partition coefficient (Wildman–Crippen LogP) is 1.10. The first-order chi connectivity index (χ1) is 9.49. The summed E-state index contributed by atoms with van der Waals surface area (Å²) in [5.74, 6) is -1.31. The summed E-state index contributed by atoms with van der Waals surface area (Å²) in [5, 5.41) is 15.5. The standard InChI is InChI=1S/C13H18N2O4S/c1-9(4-5-12(17)18)7-14-11(16)8-15-13(19)10-3-2-6-20-10/h2-3,6,9H,4-5,7-8H2,1H3,(H,14,16)(H,15,19)(H,17,18). The Morgan fingerprint density at radius 3 is 2.70 bits per heavy atom. The van der Waals surface area contributed by atoms with Gasteiger partial charge in [-0.1, -0.05) is 13.0 Å². The first kappa shape index (κ1) is 16.2. The van der Waals surface area contributed by atoms with E-state index in [-0.39, 0.29) is 30.7 Å². The van der Waals surface area contributed by atoms with Crippen LogP contribution in [0.5, 0.6) is 0 Å². The number of hydrogen-bond donors (Lipinski definition) is 3. The van der Waals surface area contributed by atoms with Crippen molar-refractivity contribution < 1.29 is 19.5 Å². The zero-order valence-corrected chi connectivity index (χ0v) is 12.0. The molecule has 3 N–H and O–H groups in total. The number of rotatable bonds is 8. The SMILES string of the molecule is CC(CCC(=O)O)CNC(=O)CNC(=O)c1cccs1. The second-order valence-electron chi connectivity index (χ2n) is 4.50. The van der Waals surface area contributed by atoms with Gasteiger partial charge in [-0.25, -0.2) is 0 Å². The number of nitrogens with one attached hydrogen (secondary N) is 2. The minimum absolute atomic E-state index is 0.0810. The fourth-order valence-electron chi connectivity index (χ4n) is 1.48. The van der Waals surface area contributed by atoms with Crippen LogP contribution in [0, 0.1) is 5.92 Å². The van der Waals surface area contributed by atoms with E-state index in [9.17, 15) is 14.4 Å². The van der Waals surface area contributed by atoms with Crippen molar-refractivity contribution in [1.29, 1.82) is 0 Å². The molecule has 0 aromatic carbocycles. The van der Waals surface area contributed by atoms with Crippen LogP contribution in [0.1, 0.15) is 29.4 Å². The Morgan fingerprint density at radius 1 is 1.35 bits per heavy atom. The predicted molar refractivity (Wildman–Crippen MR) is 75.7 cm³/mol. The van der Waals surface area contributed by atoms with Crippen LogP contribution in [-0.2, 0) is 9.59 Å². The molecule has 1 aromatic heterocycles. The van der Waals surface area contributed by atoms with E-state index in [1.165, 1.54) is 11.3 Å². The normalized spacial score (nSPS) is 11.7. The van der Waals surface area contributed by atoms with E-state index in [0.717, 1.165) is 0 Å². The Balaban J connectivity index is 2.17. The van der Waals surface area contributed by atoms with E-state index in [0.29, 0.717) is 17.8 Å². The number of carboxylic acids is 1. The third-order valence-corrected chi connectivity index (χ3v) is 3.52. The van der Waals surface area contributed by atoms with Crippen molar-refractivity contribution in [3.8, 4) is 0 Å². The Labute approximate surface area is 121 Å². The fourth-order valence-corrected chi connectivity index (χ4v) is 2.12. The summed E-state index contributed by atoms with van der Waals surface area (Å²) in [7, 11) is 0. The molecule has 1 rings (SSSR count). The van der Waals surface area contributed by atoms with Crippen molar-refractivity contribution in [1.82, 2.24) is 10.6 Å². The topological polar surface area (TPSA) is 95.5 Å². The van der Waals surface area contributed by atoms with Crippen molar-refractivity contribution in [2.24, 2.45) is 5.92 Å². The number of thiophene rings is 1. The molecule has 0 saturated carbocycles. The van der Waals surface area contributed by atoms with Gasteiger partial charge >= 0.3 is 5.97 Å². The molecule has 2 amide bonds. The van der Waals surface area contributed by atoms with Crippen LogP contribution in [0.25, 0.3) is 0 Å². The molecule has 20 heavy (non-hydrogen) atoms. The lowest BCUT2D eigenvalue weighted by Gasteiger charge is -2.11. The van der Waals surface area contributed by atoms with Crippen LogP contribution in [0.3, 0.4) is 0 Å². The quantitative estimate of drug-likeness (QED) is 0.669. The smallest absolute Gasteiger partial charge is 0.303 e.